The van der Waals surface area contributed by atoms with E-state index in [1.54, 1.807) is 10.9 Å². The molecule has 1 aromatic carbocycles. The molecule has 1 heterocycles. The minimum atomic E-state index is -0.589. The molecule has 0 saturated heterocycles. The molecule has 1 aromatic heterocycles. The van der Waals surface area contributed by atoms with Crippen LogP contribution in [0.15, 0.2) is 34.9 Å². The fraction of sp³-hybridized carbons (Fsp3) is 0.111. The van der Waals surface area contributed by atoms with Crippen LogP contribution in [0.5, 0.6) is 0 Å². The summed E-state index contributed by atoms with van der Waals surface area (Å²) in [5, 5.41) is 7.47. The first-order chi connectivity index (χ1) is 6.79. The standard InChI is InChI=1S/C9H7BrFN3/c10-7-2-1-3-9(4-7)14-6-8(5-11)12-13-14/h1-4,6H,5H2. The highest BCUT2D eigenvalue weighted by molar-refractivity contribution is 9.10. The van der Waals surface area contributed by atoms with E-state index in [1.807, 2.05) is 24.3 Å². The van der Waals surface area contributed by atoms with Crippen molar-refractivity contribution in [3.63, 3.8) is 0 Å². The van der Waals surface area contributed by atoms with Crippen molar-refractivity contribution in [2.24, 2.45) is 0 Å². The maximum absolute atomic E-state index is 12.2. The average Bonchev–Trinajstić information content (AvgIpc) is 2.66. The largest absolute Gasteiger partial charge is 0.244 e. The normalized spacial score (nSPS) is 10.4. The summed E-state index contributed by atoms with van der Waals surface area (Å²) in [6, 6.07) is 7.56. The fourth-order valence-electron chi connectivity index (χ4n) is 1.10. The van der Waals surface area contributed by atoms with Crippen molar-refractivity contribution in [1.29, 1.82) is 0 Å². The van der Waals surface area contributed by atoms with Gasteiger partial charge in [0, 0.05) is 4.47 Å². The number of nitrogens with zero attached hydrogens (tertiary/aromatic N) is 3. The molecule has 0 N–H and O–H groups in total. The second kappa shape index (κ2) is 3.88. The number of hydrogen-bond donors (Lipinski definition) is 0. The van der Waals surface area contributed by atoms with Gasteiger partial charge in [0.15, 0.2) is 0 Å². The molecule has 0 bridgehead atoms. The average molecular weight is 256 g/mol. The Morgan fingerprint density at radius 3 is 2.93 bits per heavy atom. The molecule has 2 aromatic rings. The van der Waals surface area contributed by atoms with E-state index in [9.17, 15) is 4.39 Å². The van der Waals surface area contributed by atoms with Gasteiger partial charge >= 0.3 is 0 Å². The lowest BCUT2D eigenvalue weighted by atomic mass is 10.3. The SMILES string of the molecule is FCc1cn(-c2cccc(Br)c2)nn1. The molecule has 5 heteroatoms. The van der Waals surface area contributed by atoms with Crippen molar-refractivity contribution < 1.29 is 4.39 Å². The van der Waals surface area contributed by atoms with Crippen LogP contribution in [0.3, 0.4) is 0 Å². The molecule has 0 aliphatic rings. The van der Waals surface area contributed by atoms with Crippen LogP contribution in [0.2, 0.25) is 0 Å². The van der Waals surface area contributed by atoms with Crippen LogP contribution < -0.4 is 0 Å². The van der Waals surface area contributed by atoms with Gasteiger partial charge in [0.2, 0.25) is 0 Å². The number of alkyl halides is 1. The highest BCUT2D eigenvalue weighted by Crippen LogP contribution is 2.14. The smallest absolute Gasteiger partial charge is 0.135 e. The van der Waals surface area contributed by atoms with E-state index in [2.05, 4.69) is 26.2 Å². The van der Waals surface area contributed by atoms with E-state index in [-0.39, 0.29) is 0 Å². The molecule has 72 valence electrons. The topological polar surface area (TPSA) is 30.7 Å². The quantitative estimate of drug-likeness (QED) is 0.826. The minimum Gasteiger partial charge on any atom is -0.244 e. The highest BCUT2D eigenvalue weighted by Gasteiger charge is 2.01. The monoisotopic (exact) mass is 255 g/mol. The predicted molar refractivity (Wildman–Crippen MR) is 53.9 cm³/mol. The third kappa shape index (κ3) is 1.82. The van der Waals surface area contributed by atoms with Crippen LogP contribution in [-0.2, 0) is 6.67 Å². The Bertz CT molecular complexity index is 441. The lowest BCUT2D eigenvalue weighted by Gasteiger charge is -1.99. The van der Waals surface area contributed by atoms with Gasteiger partial charge in [0.1, 0.15) is 12.4 Å². The summed E-state index contributed by atoms with van der Waals surface area (Å²) in [4.78, 5) is 0. The number of benzene rings is 1. The summed E-state index contributed by atoms with van der Waals surface area (Å²) in [6.07, 6.45) is 1.57. The molecule has 2 rings (SSSR count). The van der Waals surface area contributed by atoms with Crippen molar-refractivity contribution in [2.75, 3.05) is 0 Å². The van der Waals surface area contributed by atoms with Crippen molar-refractivity contribution in [1.82, 2.24) is 15.0 Å². The van der Waals surface area contributed by atoms with E-state index in [0.29, 0.717) is 5.69 Å². The van der Waals surface area contributed by atoms with Crippen molar-refractivity contribution in [3.8, 4) is 5.69 Å². The van der Waals surface area contributed by atoms with Crippen molar-refractivity contribution in [2.45, 2.75) is 6.67 Å². The molecule has 14 heavy (non-hydrogen) atoms. The fourth-order valence-corrected chi connectivity index (χ4v) is 1.49. The van der Waals surface area contributed by atoms with E-state index >= 15 is 0 Å². The van der Waals surface area contributed by atoms with Crippen molar-refractivity contribution >= 4 is 15.9 Å². The van der Waals surface area contributed by atoms with Gasteiger partial charge in [0.25, 0.3) is 0 Å². The maximum atomic E-state index is 12.2. The lowest BCUT2D eigenvalue weighted by Crippen LogP contribution is -1.93. The zero-order valence-electron chi connectivity index (χ0n) is 7.19. The number of hydrogen-bond acceptors (Lipinski definition) is 2. The van der Waals surface area contributed by atoms with Gasteiger partial charge in [-0.1, -0.05) is 27.2 Å². The Labute approximate surface area is 88.7 Å². The van der Waals surface area contributed by atoms with Gasteiger partial charge in [-0.3, -0.25) is 0 Å². The summed E-state index contributed by atoms with van der Waals surface area (Å²) >= 11 is 3.35. The summed E-state index contributed by atoms with van der Waals surface area (Å²) in [6.45, 7) is -0.589. The summed E-state index contributed by atoms with van der Waals surface area (Å²) < 4.78 is 14.7. The lowest BCUT2D eigenvalue weighted by molar-refractivity contribution is 0.475. The molecule has 3 nitrogen and oxygen atoms in total. The molecule has 0 aliphatic heterocycles. The molecule has 0 spiro atoms. The van der Waals surface area contributed by atoms with Gasteiger partial charge in [-0.25, -0.2) is 9.07 Å². The van der Waals surface area contributed by atoms with Gasteiger partial charge in [0.05, 0.1) is 11.9 Å². The maximum Gasteiger partial charge on any atom is 0.135 e. The van der Waals surface area contributed by atoms with Crippen LogP contribution in [-0.4, -0.2) is 15.0 Å². The molecule has 0 unspecified atom stereocenters. The Kier molecular flexibility index (Phi) is 2.58. The van der Waals surface area contributed by atoms with E-state index in [0.717, 1.165) is 10.2 Å². The Morgan fingerprint density at radius 2 is 2.29 bits per heavy atom. The first-order valence-electron chi connectivity index (χ1n) is 4.03. The first kappa shape index (κ1) is 9.33. The predicted octanol–water partition coefficient (Wildman–Crippen LogP) is 2.50. The Morgan fingerprint density at radius 1 is 1.43 bits per heavy atom. The summed E-state index contributed by atoms with van der Waals surface area (Å²) in [7, 11) is 0. The summed E-state index contributed by atoms with van der Waals surface area (Å²) in [5.41, 5.74) is 1.19. The molecule has 0 amide bonds. The number of halogens is 2. The Hall–Kier alpha value is -1.23. The highest BCUT2D eigenvalue weighted by atomic mass is 79.9. The first-order valence-corrected chi connectivity index (χ1v) is 4.82. The van der Waals surface area contributed by atoms with Crippen LogP contribution in [0, 0.1) is 0 Å². The van der Waals surface area contributed by atoms with Gasteiger partial charge in [-0.15, -0.1) is 5.10 Å². The minimum absolute atomic E-state index is 0.338. The second-order valence-corrected chi connectivity index (χ2v) is 3.68. The zero-order chi connectivity index (χ0) is 9.97. The Balaban J connectivity index is 2.39. The van der Waals surface area contributed by atoms with Gasteiger partial charge < -0.3 is 0 Å². The number of rotatable bonds is 2. The van der Waals surface area contributed by atoms with Gasteiger partial charge in [-0.05, 0) is 18.2 Å². The second-order valence-electron chi connectivity index (χ2n) is 2.77. The molecule has 0 aliphatic carbocycles. The molecular weight excluding hydrogens is 249 g/mol. The summed E-state index contributed by atoms with van der Waals surface area (Å²) in [5.74, 6) is 0. The molecule has 0 saturated carbocycles. The molecule has 0 fully saturated rings. The van der Waals surface area contributed by atoms with E-state index < -0.39 is 6.67 Å². The molecule has 0 radical (unpaired) electrons. The third-order valence-electron chi connectivity index (χ3n) is 1.75. The third-order valence-corrected chi connectivity index (χ3v) is 2.24. The van der Waals surface area contributed by atoms with Crippen LogP contribution in [0.1, 0.15) is 5.69 Å². The van der Waals surface area contributed by atoms with Crippen LogP contribution >= 0.6 is 15.9 Å². The molecule has 0 atom stereocenters. The van der Waals surface area contributed by atoms with Crippen LogP contribution in [0.25, 0.3) is 5.69 Å². The van der Waals surface area contributed by atoms with E-state index in [1.165, 1.54) is 0 Å². The van der Waals surface area contributed by atoms with Gasteiger partial charge in [-0.2, -0.15) is 0 Å². The molecular formula is C9H7BrFN3. The van der Waals surface area contributed by atoms with Crippen molar-refractivity contribution in [3.05, 3.63) is 40.6 Å². The number of aromatic nitrogens is 3. The van der Waals surface area contributed by atoms with E-state index in [4.69, 9.17) is 0 Å². The zero-order valence-corrected chi connectivity index (χ0v) is 8.78. The van der Waals surface area contributed by atoms with Crippen LogP contribution in [0.4, 0.5) is 4.39 Å².